The Hall–Kier alpha value is -4.55. The Morgan fingerprint density at radius 1 is 0.975 bits per heavy atom. The molecule has 0 aliphatic carbocycles. The maximum absolute atomic E-state index is 12.6. The van der Waals surface area contributed by atoms with Crippen molar-refractivity contribution in [3.63, 3.8) is 0 Å². The molecule has 0 unspecified atom stereocenters. The van der Waals surface area contributed by atoms with Gasteiger partial charge in [-0.3, -0.25) is 0 Å². The van der Waals surface area contributed by atoms with Gasteiger partial charge in [0.15, 0.2) is 11.5 Å². The summed E-state index contributed by atoms with van der Waals surface area (Å²) in [6.45, 7) is 2.55. The number of nitrogens with zero attached hydrogens (tertiary/aromatic N) is 5. The molecule has 5 rings (SSSR count). The van der Waals surface area contributed by atoms with Crippen molar-refractivity contribution in [2.75, 3.05) is 49.1 Å². The Kier molecular flexibility index (Phi) is 8.79. The first-order valence-electron chi connectivity index (χ1n) is 12.4. The number of rotatable bonds is 9. The summed E-state index contributed by atoms with van der Waals surface area (Å²) >= 11 is 3.37. The molecule has 2 heterocycles. The number of benzene rings is 3. The van der Waals surface area contributed by atoms with Crippen molar-refractivity contribution in [1.82, 2.24) is 15.0 Å². The largest absolute Gasteiger partial charge is 0.493 e. The zero-order chi connectivity index (χ0) is 27.7. The molecule has 12 heteroatoms. The van der Waals surface area contributed by atoms with Crippen LogP contribution >= 0.6 is 15.9 Å². The van der Waals surface area contributed by atoms with Crippen molar-refractivity contribution in [3.8, 4) is 11.5 Å². The van der Waals surface area contributed by atoms with E-state index in [9.17, 15) is 4.79 Å². The molecule has 1 aromatic heterocycles. The quantitative estimate of drug-likeness (QED) is 0.118. The van der Waals surface area contributed by atoms with Gasteiger partial charge in [0.1, 0.15) is 0 Å². The molecule has 1 aliphatic rings. The van der Waals surface area contributed by atoms with Crippen LogP contribution in [0.1, 0.15) is 15.9 Å². The van der Waals surface area contributed by atoms with Gasteiger partial charge in [-0.25, -0.2) is 10.2 Å². The van der Waals surface area contributed by atoms with Gasteiger partial charge in [-0.15, -0.1) is 0 Å². The Morgan fingerprint density at radius 2 is 1.73 bits per heavy atom. The lowest BCUT2D eigenvalue weighted by Gasteiger charge is -2.27. The van der Waals surface area contributed by atoms with E-state index < -0.39 is 5.97 Å². The van der Waals surface area contributed by atoms with Crippen LogP contribution in [0.25, 0.3) is 0 Å². The zero-order valence-corrected chi connectivity index (χ0v) is 23.2. The van der Waals surface area contributed by atoms with Crippen molar-refractivity contribution in [2.45, 2.75) is 0 Å². The molecule has 40 heavy (non-hydrogen) atoms. The van der Waals surface area contributed by atoms with Gasteiger partial charge < -0.3 is 24.4 Å². The fraction of sp³-hybridized carbons (Fsp3) is 0.179. The summed E-state index contributed by atoms with van der Waals surface area (Å²) in [6, 6.07) is 21.8. The minimum Gasteiger partial charge on any atom is -0.493 e. The van der Waals surface area contributed by atoms with Crippen LogP contribution in [-0.4, -0.2) is 60.5 Å². The van der Waals surface area contributed by atoms with Gasteiger partial charge in [0.25, 0.3) is 0 Å². The fourth-order valence-electron chi connectivity index (χ4n) is 3.82. The van der Waals surface area contributed by atoms with E-state index in [0.29, 0.717) is 59.5 Å². The number of para-hydroxylation sites is 1. The Bertz CT molecular complexity index is 1500. The van der Waals surface area contributed by atoms with Crippen molar-refractivity contribution < 1.29 is 19.0 Å². The number of halogens is 1. The number of morpholine rings is 1. The first-order valence-corrected chi connectivity index (χ1v) is 13.2. The number of carbonyl (C=O) groups is 1. The number of hydrogen-bond acceptors (Lipinski definition) is 11. The number of aromatic nitrogens is 3. The van der Waals surface area contributed by atoms with Crippen molar-refractivity contribution >= 4 is 51.6 Å². The van der Waals surface area contributed by atoms with E-state index in [2.05, 4.69) is 46.7 Å². The van der Waals surface area contributed by atoms with Crippen LogP contribution in [0.15, 0.2) is 82.4 Å². The number of methoxy groups -OCH3 is 1. The van der Waals surface area contributed by atoms with E-state index in [-0.39, 0.29) is 11.7 Å². The maximum atomic E-state index is 12.6. The second kappa shape index (κ2) is 13.0. The normalized spacial score (nSPS) is 13.2. The highest BCUT2D eigenvalue weighted by Gasteiger charge is 2.17. The molecular weight excluding hydrogens is 578 g/mol. The highest BCUT2D eigenvalue weighted by atomic mass is 79.9. The Morgan fingerprint density at radius 3 is 2.50 bits per heavy atom. The average Bonchev–Trinajstić information content (AvgIpc) is 2.99. The van der Waals surface area contributed by atoms with Gasteiger partial charge in [-0.2, -0.15) is 20.1 Å². The molecule has 204 valence electrons. The number of esters is 1. The van der Waals surface area contributed by atoms with E-state index >= 15 is 0 Å². The SMILES string of the molecule is COc1cc(C=NNc2nc(Nc3ccccc3)nc(N3CCOCC3)n2)ccc1OC(=O)c1ccccc1Br. The first-order chi connectivity index (χ1) is 19.6. The number of nitrogens with one attached hydrogen (secondary N) is 2. The lowest BCUT2D eigenvalue weighted by molar-refractivity contribution is 0.0728. The Balaban J connectivity index is 1.31. The predicted molar refractivity (Wildman–Crippen MR) is 156 cm³/mol. The summed E-state index contributed by atoms with van der Waals surface area (Å²) in [5.41, 5.74) is 4.85. The fourth-order valence-corrected chi connectivity index (χ4v) is 4.27. The minimum absolute atomic E-state index is 0.275. The monoisotopic (exact) mass is 603 g/mol. The minimum atomic E-state index is -0.500. The molecule has 1 aliphatic heterocycles. The Labute approximate surface area is 239 Å². The summed E-state index contributed by atoms with van der Waals surface area (Å²) in [4.78, 5) is 28.3. The number of carbonyl (C=O) groups excluding carboxylic acids is 1. The van der Waals surface area contributed by atoms with Crippen LogP contribution in [0.3, 0.4) is 0 Å². The van der Waals surface area contributed by atoms with Crippen LogP contribution in [-0.2, 0) is 4.74 Å². The molecule has 0 radical (unpaired) electrons. The van der Waals surface area contributed by atoms with E-state index in [1.165, 1.54) is 7.11 Å². The van der Waals surface area contributed by atoms with Gasteiger partial charge >= 0.3 is 5.97 Å². The van der Waals surface area contributed by atoms with Gasteiger partial charge in [0, 0.05) is 23.2 Å². The van der Waals surface area contributed by atoms with Gasteiger partial charge in [0.2, 0.25) is 17.8 Å². The smallest absolute Gasteiger partial charge is 0.344 e. The standard InChI is InChI=1S/C28H26BrN7O4/c1-38-24-17-19(11-12-23(24)40-25(37)21-9-5-6-10-22(21)29)18-30-35-27-32-26(31-20-7-3-2-4-8-20)33-28(34-27)36-13-15-39-16-14-36/h2-12,17-18H,13-16H2,1H3,(H2,31,32,33,34,35). The molecule has 0 atom stereocenters. The third-order valence-corrected chi connectivity index (χ3v) is 6.50. The molecular formula is C28H26BrN7O4. The summed E-state index contributed by atoms with van der Waals surface area (Å²) in [5, 5.41) is 7.51. The molecule has 11 nitrogen and oxygen atoms in total. The molecule has 0 saturated carbocycles. The van der Waals surface area contributed by atoms with Crippen LogP contribution in [0.5, 0.6) is 11.5 Å². The third kappa shape index (κ3) is 6.90. The maximum Gasteiger partial charge on any atom is 0.344 e. The first kappa shape index (κ1) is 27.0. The second-order valence-corrected chi connectivity index (χ2v) is 9.38. The predicted octanol–water partition coefficient (Wildman–Crippen LogP) is 4.89. The van der Waals surface area contributed by atoms with Crippen molar-refractivity contribution in [1.29, 1.82) is 0 Å². The number of anilines is 4. The highest BCUT2D eigenvalue weighted by Crippen LogP contribution is 2.29. The zero-order valence-electron chi connectivity index (χ0n) is 21.6. The molecule has 3 aromatic carbocycles. The van der Waals surface area contributed by atoms with Gasteiger partial charge in [0.05, 0.1) is 32.1 Å². The van der Waals surface area contributed by atoms with Crippen LogP contribution in [0.2, 0.25) is 0 Å². The number of ether oxygens (including phenoxy) is 3. The van der Waals surface area contributed by atoms with Crippen molar-refractivity contribution in [2.24, 2.45) is 5.10 Å². The molecule has 1 saturated heterocycles. The molecule has 2 N–H and O–H groups in total. The van der Waals surface area contributed by atoms with Crippen LogP contribution in [0.4, 0.5) is 23.5 Å². The topological polar surface area (TPSA) is 123 Å². The molecule has 1 fully saturated rings. The third-order valence-electron chi connectivity index (χ3n) is 5.81. The van der Waals surface area contributed by atoms with Crippen molar-refractivity contribution in [3.05, 3.63) is 88.4 Å². The summed E-state index contributed by atoms with van der Waals surface area (Å²) in [7, 11) is 1.50. The summed E-state index contributed by atoms with van der Waals surface area (Å²) in [5.74, 6) is 1.36. The van der Waals surface area contributed by atoms with Crippen LogP contribution < -0.4 is 25.1 Å². The second-order valence-electron chi connectivity index (χ2n) is 8.52. The number of hydrazone groups is 1. The molecule has 0 bridgehead atoms. The van der Waals surface area contributed by atoms with E-state index in [1.807, 2.05) is 41.3 Å². The van der Waals surface area contributed by atoms with E-state index in [1.54, 1.807) is 42.6 Å². The molecule has 4 aromatic rings. The van der Waals surface area contributed by atoms with Crippen LogP contribution in [0, 0.1) is 0 Å². The van der Waals surface area contributed by atoms with E-state index in [4.69, 9.17) is 14.2 Å². The molecule has 0 spiro atoms. The highest BCUT2D eigenvalue weighted by molar-refractivity contribution is 9.10. The van der Waals surface area contributed by atoms with E-state index in [0.717, 1.165) is 5.69 Å². The molecule has 0 amide bonds. The number of hydrogen-bond donors (Lipinski definition) is 2. The summed E-state index contributed by atoms with van der Waals surface area (Å²) < 4.78 is 17.1. The van der Waals surface area contributed by atoms with Gasteiger partial charge in [-0.05, 0) is 64.0 Å². The van der Waals surface area contributed by atoms with Gasteiger partial charge in [-0.1, -0.05) is 30.3 Å². The lowest BCUT2D eigenvalue weighted by Crippen LogP contribution is -2.37. The average molecular weight is 604 g/mol. The lowest BCUT2D eigenvalue weighted by atomic mass is 10.2. The summed E-state index contributed by atoms with van der Waals surface area (Å²) in [6.07, 6.45) is 1.59.